The van der Waals surface area contributed by atoms with Gasteiger partial charge < -0.3 is 19.9 Å². The molecule has 2 aromatic heterocycles. The zero-order valence-electron chi connectivity index (χ0n) is 11.5. The normalized spacial score (nSPS) is 10.6. The molecule has 2 rings (SSSR count). The van der Waals surface area contributed by atoms with Gasteiger partial charge in [-0.2, -0.15) is 4.98 Å². The van der Waals surface area contributed by atoms with E-state index in [1.807, 2.05) is 0 Å². The Labute approximate surface area is 124 Å². The van der Waals surface area contributed by atoms with Crippen molar-refractivity contribution in [2.24, 2.45) is 0 Å². The first-order chi connectivity index (χ1) is 9.99. The van der Waals surface area contributed by atoms with Gasteiger partial charge in [0.1, 0.15) is 5.76 Å². The number of hydrogen-bond donors (Lipinski definition) is 3. The molecule has 9 heteroatoms. The van der Waals surface area contributed by atoms with Crippen molar-refractivity contribution in [2.45, 2.75) is 25.4 Å². The molecule has 0 aromatic carbocycles. The maximum absolute atomic E-state index is 11.7. The van der Waals surface area contributed by atoms with Gasteiger partial charge >= 0.3 is 0 Å². The van der Waals surface area contributed by atoms with Crippen molar-refractivity contribution >= 4 is 23.5 Å². The zero-order valence-corrected chi connectivity index (χ0v) is 12.3. The summed E-state index contributed by atoms with van der Waals surface area (Å²) in [6.45, 7) is 3.45. The fourth-order valence-electron chi connectivity index (χ4n) is 1.59. The Kier molecular flexibility index (Phi) is 4.63. The molecule has 2 aromatic rings. The second-order valence-electron chi connectivity index (χ2n) is 4.19. The predicted molar refractivity (Wildman–Crippen MR) is 76.5 cm³/mol. The number of carbonyl (C=O) groups excluding carboxylic acids is 1. The molecule has 0 aliphatic carbocycles. The number of carbonyl (C=O) groups is 1. The lowest BCUT2D eigenvalue weighted by molar-refractivity contribution is -0.113. The minimum atomic E-state index is -0.403. The van der Waals surface area contributed by atoms with Crippen molar-refractivity contribution in [3.63, 3.8) is 0 Å². The standard InChI is InChI=1S/C12H14N4O4S/c1-3-7-10(18)14-12(15-11(7)19)21-5-9(17)13-8-4-6(2)20-16-8/h4H,3,5H2,1-2H3,(H,13,16,17)(H2,14,15,18,19). The van der Waals surface area contributed by atoms with Crippen molar-refractivity contribution in [1.29, 1.82) is 0 Å². The Hall–Kier alpha value is -2.29. The van der Waals surface area contributed by atoms with Crippen molar-refractivity contribution in [2.75, 3.05) is 11.1 Å². The lowest BCUT2D eigenvalue weighted by Crippen LogP contribution is -2.17. The fraction of sp³-hybridized carbons (Fsp3) is 0.333. The lowest BCUT2D eigenvalue weighted by Gasteiger charge is -2.04. The average molecular weight is 310 g/mol. The molecule has 0 aliphatic rings. The zero-order chi connectivity index (χ0) is 15.4. The number of amides is 1. The van der Waals surface area contributed by atoms with E-state index >= 15 is 0 Å². The first-order valence-corrected chi connectivity index (χ1v) is 7.16. The third-order valence-corrected chi connectivity index (χ3v) is 3.43. The largest absolute Gasteiger partial charge is 0.493 e. The van der Waals surface area contributed by atoms with Gasteiger partial charge in [-0.05, 0) is 13.3 Å². The van der Waals surface area contributed by atoms with Gasteiger partial charge in [0.25, 0.3) is 5.56 Å². The van der Waals surface area contributed by atoms with E-state index in [-0.39, 0.29) is 28.3 Å². The molecule has 0 atom stereocenters. The molecule has 8 nitrogen and oxygen atoms in total. The number of hydrogen-bond acceptors (Lipinski definition) is 7. The number of aromatic hydroxyl groups is 1. The molecule has 0 unspecified atom stereocenters. The van der Waals surface area contributed by atoms with Gasteiger partial charge in [-0.15, -0.1) is 0 Å². The monoisotopic (exact) mass is 310 g/mol. The Bertz CT molecular complexity index is 710. The van der Waals surface area contributed by atoms with Crippen LogP contribution in [-0.4, -0.2) is 31.9 Å². The highest BCUT2D eigenvalue weighted by Gasteiger charge is 2.11. The first kappa shape index (κ1) is 15.1. The van der Waals surface area contributed by atoms with E-state index in [2.05, 4.69) is 20.4 Å². The number of H-pyrrole nitrogens is 1. The van der Waals surface area contributed by atoms with Crippen LogP contribution in [-0.2, 0) is 11.2 Å². The Balaban J connectivity index is 1.97. The molecule has 2 heterocycles. The van der Waals surface area contributed by atoms with E-state index in [1.165, 1.54) is 0 Å². The molecular weight excluding hydrogens is 296 g/mol. The van der Waals surface area contributed by atoms with E-state index < -0.39 is 5.56 Å². The van der Waals surface area contributed by atoms with E-state index in [0.29, 0.717) is 18.0 Å². The number of nitrogens with one attached hydrogen (secondary N) is 2. The maximum Gasteiger partial charge on any atom is 0.258 e. The van der Waals surface area contributed by atoms with Gasteiger partial charge in [0.15, 0.2) is 11.0 Å². The summed E-state index contributed by atoms with van der Waals surface area (Å²) in [6, 6.07) is 1.59. The smallest absolute Gasteiger partial charge is 0.258 e. The molecule has 0 aliphatic heterocycles. The van der Waals surface area contributed by atoms with Crippen LogP contribution in [0.15, 0.2) is 20.5 Å². The van der Waals surface area contributed by atoms with Crippen molar-refractivity contribution in [3.8, 4) is 5.88 Å². The van der Waals surface area contributed by atoms with Crippen LogP contribution >= 0.6 is 11.8 Å². The fourth-order valence-corrected chi connectivity index (χ4v) is 2.25. The molecule has 0 radical (unpaired) electrons. The van der Waals surface area contributed by atoms with Crippen molar-refractivity contribution < 1.29 is 14.4 Å². The summed E-state index contributed by atoms with van der Waals surface area (Å²) < 4.78 is 4.82. The van der Waals surface area contributed by atoms with E-state index in [9.17, 15) is 14.7 Å². The summed E-state index contributed by atoms with van der Waals surface area (Å²) in [5.74, 6) is 0.291. The van der Waals surface area contributed by atoms with Crippen molar-refractivity contribution in [1.82, 2.24) is 15.1 Å². The maximum atomic E-state index is 11.7. The van der Waals surface area contributed by atoms with Gasteiger partial charge in [0.05, 0.1) is 11.3 Å². The third kappa shape index (κ3) is 3.85. The predicted octanol–water partition coefficient (Wildman–Crippen LogP) is 1.07. The molecular formula is C12H14N4O4S. The number of thioether (sulfide) groups is 1. The Morgan fingerprint density at radius 1 is 1.57 bits per heavy atom. The lowest BCUT2D eigenvalue weighted by atomic mass is 10.2. The summed E-state index contributed by atoms with van der Waals surface area (Å²) in [4.78, 5) is 29.7. The highest BCUT2D eigenvalue weighted by molar-refractivity contribution is 7.99. The minimum Gasteiger partial charge on any atom is -0.493 e. The van der Waals surface area contributed by atoms with E-state index in [4.69, 9.17) is 4.52 Å². The van der Waals surface area contributed by atoms with E-state index in [0.717, 1.165) is 11.8 Å². The topological polar surface area (TPSA) is 121 Å². The number of anilines is 1. The number of rotatable bonds is 5. The molecule has 0 saturated heterocycles. The summed E-state index contributed by atoms with van der Waals surface area (Å²) in [6.07, 6.45) is 0.380. The molecule has 0 spiro atoms. The van der Waals surface area contributed by atoms with Crippen LogP contribution in [0.4, 0.5) is 5.82 Å². The second-order valence-corrected chi connectivity index (χ2v) is 5.15. The number of aromatic nitrogens is 3. The van der Waals surface area contributed by atoms with Gasteiger partial charge in [-0.3, -0.25) is 9.59 Å². The van der Waals surface area contributed by atoms with Crippen LogP contribution in [0.3, 0.4) is 0 Å². The average Bonchev–Trinajstić information content (AvgIpc) is 2.81. The Morgan fingerprint density at radius 2 is 2.33 bits per heavy atom. The highest BCUT2D eigenvalue weighted by Crippen LogP contribution is 2.17. The number of aryl methyl sites for hydroxylation is 1. The van der Waals surface area contributed by atoms with Crippen LogP contribution in [0.5, 0.6) is 5.88 Å². The van der Waals surface area contributed by atoms with Gasteiger partial charge in [-0.25, -0.2) is 0 Å². The van der Waals surface area contributed by atoms with Crippen LogP contribution < -0.4 is 10.9 Å². The third-order valence-electron chi connectivity index (χ3n) is 2.56. The highest BCUT2D eigenvalue weighted by atomic mass is 32.2. The summed E-state index contributed by atoms with van der Waals surface area (Å²) >= 11 is 1.01. The van der Waals surface area contributed by atoms with Gasteiger partial charge in [0.2, 0.25) is 11.8 Å². The summed E-state index contributed by atoms with van der Waals surface area (Å²) in [5.41, 5.74) is -0.179. The quantitative estimate of drug-likeness (QED) is 0.557. The van der Waals surface area contributed by atoms with Crippen LogP contribution in [0.25, 0.3) is 0 Å². The second kappa shape index (κ2) is 6.44. The van der Waals surface area contributed by atoms with Gasteiger partial charge in [-0.1, -0.05) is 23.8 Å². The number of nitrogens with zero attached hydrogens (tertiary/aromatic N) is 2. The SMILES string of the molecule is CCc1c(O)nc(SCC(=O)Nc2cc(C)on2)[nH]c1=O. The van der Waals surface area contributed by atoms with Crippen LogP contribution in [0.1, 0.15) is 18.2 Å². The summed E-state index contributed by atoms with van der Waals surface area (Å²) in [7, 11) is 0. The molecule has 21 heavy (non-hydrogen) atoms. The molecule has 1 amide bonds. The first-order valence-electron chi connectivity index (χ1n) is 6.17. The molecule has 0 fully saturated rings. The molecule has 0 bridgehead atoms. The minimum absolute atomic E-state index is 0.0137. The number of aromatic amines is 1. The van der Waals surface area contributed by atoms with Crippen LogP contribution in [0, 0.1) is 6.92 Å². The van der Waals surface area contributed by atoms with Crippen LogP contribution in [0.2, 0.25) is 0 Å². The van der Waals surface area contributed by atoms with E-state index in [1.54, 1.807) is 19.9 Å². The molecule has 0 saturated carbocycles. The van der Waals surface area contributed by atoms with Crippen molar-refractivity contribution in [3.05, 3.63) is 27.7 Å². The summed E-state index contributed by atoms with van der Waals surface area (Å²) in [5, 5.41) is 16.0. The molecule has 3 N–H and O–H groups in total. The van der Waals surface area contributed by atoms with Gasteiger partial charge in [0, 0.05) is 6.07 Å². The molecule has 112 valence electrons. The Morgan fingerprint density at radius 3 is 2.90 bits per heavy atom.